The summed E-state index contributed by atoms with van der Waals surface area (Å²) in [6, 6.07) is 13.5. The number of hydrogen-bond donors (Lipinski definition) is 3. The molecule has 0 unspecified atom stereocenters. The summed E-state index contributed by atoms with van der Waals surface area (Å²) in [6.07, 6.45) is 1.70. The molecule has 0 atom stereocenters. The Morgan fingerprint density at radius 3 is 2.65 bits per heavy atom. The van der Waals surface area contributed by atoms with Crippen molar-refractivity contribution in [2.24, 2.45) is 5.10 Å². The lowest BCUT2D eigenvalue weighted by molar-refractivity contribution is 0.0697. The zero-order valence-electron chi connectivity index (χ0n) is 16.7. The smallest absolute Gasteiger partial charge is 0.335 e. The van der Waals surface area contributed by atoms with Crippen molar-refractivity contribution < 1.29 is 9.90 Å². The molecule has 2 heterocycles. The van der Waals surface area contributed by atoms with Gasteiger partial charge in [-0.2, -0.15) is 10.2 Å². The first kappa shape index (κ1) is 20.5. The quantitative estimate of drug-likeness (QED) is 0.291. The van der Waals surface area contributed by atoms with E-state index in [9.17, 15) is 9.59 Å². The van der Waals surface area contributed by atoms with Crippen LogP contribution >= 0.6 is 15.9 Å². The number of halogens is 1. The topological polar surface area (TPSA) is 112 Å². The number of hydrogen-bond acceptors (Lipinski definition) is 5. The third-order valence-corrected chi connectivity index (χ3v) is 5.39. The molecular weight excluding hydrogens is 462 g/mol. The second-order valence-corrected chi connectivity index (χ2v) is 7.87. The van der Waals surface area contributed by atoms with Gasteiger partial charge in [-0.3, -0.25) is 10.2 Å². The number of anilines is 1. The van der Waals surface area contributed by atoms with Gasteiger partial charge in [0.05, 0.1) is 40.1 Å². The molecule has 0 aliphatic rings. The Morgan fingerprint density at radius 2 is 1.94 bits per heavy atom. The molecule has 0 amide bonds. The highest BCUT2D eigenvalue weighted by molar-refractivity contribution is 9.10. The van der Waals surface area contributed by atoms with Crippen molar-refractivity contribution in [3.05, 3.63) is 86.4 Å². The average Bonchev–Trinajstić information content (AvgIpc) is 3.13. The summed E-state index contributed by atoms with van der Waals surface area (Å²) < 4.78 is 2.62. The predicted octanol–water partition coefficient (Wildman–Crippen LogP) is 4.32. The maximum Gasteiger partial charge on any atom is 0.335 e. The highest BCUT2D eigenvalue weighted by Crippen LogP contribution is 2.25. The summed E-state index contributed by atoms with van der Waals surface area (Å²) in [5.74, 6) is -0.978. The fraction of sp³-hybridized carbons (Fsp3) is 0.0909. The molecular formula is C22H18BrN5O3. The Labute approximate surface area is 185 Å². The average molecular weight is 480 g/mol. The Balaban J connectivity index is 1.68. The summed E-state index contributed by atoms with van der Waals surface area (Å²) >= 11 is 3.48. The number of carboxylic acids is 1. The molecule has 4 rings (SSSR count). The van der Waals surface area contributed by atoms with Crippen LogP contribution in [-0.4, -0.2) is 31.6 Å². The van der Waals surface area contributed by atoms with Crippen LogP contribution in [0.25, 0.3) is 16.6 Å². The lowest BCUT2D eigenvalue weighted by Gasteiger charge is -2.10. The highest BCUT2D eigenvalue weighted by atomic mass is 79.9. The van der Waals surface area contributed by atoms with Gasteiger partial charge < -0.3 is 10.1 Å². The van der Waals surface area contributed by atoms with Crippen LogP contribution in [-0.2, 0) is 0 Å². The fourth-order valence-corrected chi connectivity index (χ4v) is 3.65. The standard InChI is InChI=1S/C22H18BrN5O3/c1-12(26-27-16-6-3-14(4-7-16)22(30)31)18-11-24-28(13(18)2)20-10-21(29)25-19-8-5-15(23)9-17(19)20/h3-11,27H,1-2H3,(H,25,29)(H,30,31)/b26-12+. The van der Waals surface area contributed by atoms with Crippen molar-refractivity contribution in [3.8, 4) is 5.69 Å². The number of nitrogens with zero attached hydrogens (tertiary/aromatic N) is 3. The highest BCUT2D eigenvalue weighted by Gasteiger charge is 2.14. The zero-order chi connectivity index (χ0) is 22.1. The summed E-state index contributed by atoms with van der Waals surface area (Å²) in [7, 11) is 0. The van der Waals surface area contributed by atoms with Crippen molar-refractivity contribution in [1.82, 2.24) is 14.8 Å². The van der Waals surface area contributed by atoms with Crippen LogP contribution in [0.3, 0.4) is 0 Å². The number of benzene rings is 2. The van der Waals surface area contributed by atoms with Crippen molar-refractivity contribution in [2.75, 3.05) is 5.43 Å². The van der Waals surface area contributed by atoms with E-state index in [1.54, 1.807) is 23.0 Å². The number of carboxylic acid groups (broad SMARTS) is 1. The number of carbonyl (C=O) groups is 1. The predicted molar refractivity (Wildman–Crippen MR) is 123 cm³/mol. The van der Waals surface area contributed by atoms with Crippen LogP contribution in [0.1, 0.15) is 28.5 Å². The third-order valence-electron chi connectivity index (χ3n) is 4.90. The number of hydrazone groups is 1. The van der Waals surface area contributed by atoms with Crippen LogP contribution in [0.5, 0.6) is 0 Å². The van der Waals surface area contributed by atoms with E-state index in [2.05, 4.69) is 36.5 Å². The number of nitrogens with one attached hydrogen (secondary N) is 2. The number of aromatic carboxylic acids is 1. The van der Waals surface area contributed by atoms with Gasteiger partial charge in [0.15, 0.2) is 0 Å². The van der Waals surface area contributed by atoms with E-state index in [0.29, 0.717) is 17.1 Å². The van der Waals surface area contributed by atoms with Gasteiger partial charge in [-0.1, -0.05) is 15.9 Å². The number of H-pyrrole nitrogens is 1. The first-order chi connectivity index (χ1) is 14.8. The Bertz CT molecular complexity index is 1390. The van der Waals surface area contributed by atoms with Gasteiger partial charge in [-0.15, -0.1) is 0 Å². The molecule has 8 nitrogen and oxygen atoms in total. The van der Waals surface area contributed by atoms with Gasteiger partial charge in [-0.05, 0) is 56.3 Å². The second kappa shape index (κ2) is 8.19. The second-order valence-electron chi connectivity index (χ2n) is 6.96. The number of aromatic nitrogens is 3. The van der Waals surface area contributed by atoms with Crippen LogP contribution < -0.4 is 11.0 Å². The van der Waals surface area contributed by atoms with E-state index in [-0.39, 0.29) is 11.1 Å². The first-order valence-corrected chi connectivity index (χ1v) is 10.1. The molecule has 4 aromatic rings. The molecule has 156 valence electrons. The molecule has 3 N–H and O–H groups in total. The number of aromatic amines is 1. The van der Waals surface area contributed by atoms with Gasteiger partial charge in [0.25, 0.3) is 5.56 Å². The maximum atomic E-state index is 12.2. The molecule has 0 aliphatic carbocycles. The molecule has 0 bridgehead atoms. The molecule has 0 saturated heterocycles. The van der Waals surface area contributed by atoms with E-state index in [4.69, 9.17) is 5.11 Å². The van der Waals surface area contributed by atoms with Gasteiger partial charge in [0, 0.05) is 21.5 Å². The van der Waals surface area contributed by atoms with Crippen molar-refractivity contribution in [2.45, 2.75) is 13.8 Å². The molecule has 0 saturated carbocycles. The van der Waals surface area contributed by atoms with Crippen LogP contribution in [0.15, 0.2) is 69.1 Å². The van der Waals surface area contributed by atoms with Crippen LogP contribution in [0.2, 0.25) is 0 Å². The van der Waals surface area contributed by atoms with Crippen molar-refractivity contribution in [1.29, 1.82) is 0 Å². The number of rotatable bonds is 5. The van der Waals surface area contributed by atoms with Gasteiger partial charge in [-0.25, -0.2) is 9.48 Å². The number of fused-ring (bicyclic) bond motifs is 1. The Hall–Kier alpha value is -3.72. The zero-order valence-corrected chi connectivity index (χ0v) is 18.3. The molecule has 0 radical (unpaired) electrons. The van der Waals surface area contributed by atoms with Gasteiger partial charge in [0.1, 0.15) is 0 Å². The fourth-order valence-electron chi connectivity index (χ4n) is 3.29. The third kappa shape index (κ3) is 4.13. The lowest BCUT2D eigenvalue weighted by Crippen LogP contribution is -2.10. The molecule has 0 fully saturated rings. The summed E-state index contributed by atoms with van der Waals surface area (Å²) in [5, 5.41) is 18.7. The summed E-state index contributed by atoms with van der Waals surface area (Å²) in [4.78, 5) is 26.0. The Kier molecular flexibility index (Phi) is 5.43. The molecule has 2 aromatic heterocycles. The first-order valence-electron chi connectivity index (χ1n) is 9.35. The summed E-state index contributed by atoms with van der Waals surface area (Å²) in [6.45, 7) is 3.76. The Morgan fingerprint density at radius 1 is 1.19 bits per heavy atom. The van der Waals surface area contributed by atoms with Crippen LogP contribution in [0.4, 0.5) is 5.69 Å². The minimum absolute atomic E-state index is 0.208. The van der Waals surface area contributed by atoms with E-state index >= 15 is 0 Å². The molecule has 0 spiro atoms. The van der Waals surface area contributed by atoms with E-state index in [1.807, 2.05) is 32.0 Å². The minimum atomic E-state index is -0.978. The lowest BCUT2D eigenvalue weighted by atomic mass is 10.1. The maximum absolute atomic E-state index is 12.2. The van der Waals surface area contributed by atoms with E-state index in [0.717, 1.165) is 26.6 Å². The largest absolute Gasteiger partial charge is 0.478 e. The van der Waals surface area contributed by atoms with Crippen molar-refractivity contribution >= 4 is 44.2 Å². The normalized spacial score (nSPS) is 11.6. The molecule has 31 heavy (non-hydrogen) atoms. The van der Waals surface area contributed by atoms with Gasteiger partial charge >= 0.3 is 5.97 Å². The molecule has 0 aliphatic heterocycles. The molecule has 9 heteroatoms. The van der Waals surface area contributed by atoms with Crippen LogP contribution in [0, 0.1) is 6.92 Å². The minimum Gasteiger partial charge on any atom is -0.478 e. The van der Waals surface area contributed by atoms with Crippen molar-refractivity contribution in [3.63, 3.8) is 0 Å². The SMILES string of the molecule is C/C(=N\Nc1ccc(C(=O)O)cc1)c1cnn(-c2cc(=O)[nH]c3ccc(Br)cc23)c1C. The van der Waals surface area contributed by atoms with Gasteiger partial charge in [0.2, 0.25) is 0 Å². The van der Waals surface area contributed by atoms with E-state index < -0.39 is 5.97 Å². The number of pyridine rings is 1. The molecule has 2 aromatic carbocycles. The monoisotopic (exact) mass is 479 g/mol. The summed E-state index contributed by atoms with van der Waals surface area (Å²) in [5.41, 5.74) is 7.33. The van der Waals surface area contributed by atoms with E-state index in [1.165, 1.54) is 18.2 Å².